The van der Waals surface area contributed by atoms with Crippen molar-refractivity contribution >= 4 is 39.6 Å². The molecule has 0 spiro atoms. The quantitative estimate of drug-likeness (QED) is 0.716. The van der Waals surface area contributed by atoms with Gasteiger partial charge in [0.15, 0.2) is 5.11 Å². The maximum Gasteiger partial charge on any atom is 0.257 e. The zero-order valence-electron chi connectivity index (χ0n) is 15.8. The molecule has 0 bridgehead atoms. The second kappa shape index (κ2) is 8.20. The number of carbonyl (C=O) groups excluding carboxylic acids is 1. The van der Waals surface area contributed by atoms with Gasteiger partial charge in [0.2, 0.25) is 0 Å². The Morgan fingerprint density at radius 3 is 2.67 bits per heavy atom. The van der Waals surface area contributed by atoms with Crippen LogP contribution in [-0.4, -0.2) is 11.0 Å². The molecule has 1 amide bonds. The minimum atomic E-state index is -0.253. The normalized spacial score (nSPS) is 15.7. The van der Waals surface area contributed by atoms with Crippen LogP contribution in [0.5, 0.6) is 0 Å². The van der Waals surface area contributed by atoms with Crippen molar-refractivity contribution in [1.82, 2.24) is 5.32 Å². The number of nitrogens with zero attached hydrogens (tertiary/aromatic N) is 1. The molecule has 0 saturated heterocycles. The van der Waals surface area contributed by atoms with Crippen molar-refractivity contribution in [3.05, 3.63) is 51.4 Å². The average Bonchev–Trinajstić information content (AvgIpc) is 2.97. The summed E-state index contributed by atoms with van der Waals surface area (Å²) in [4.78, 5) is 13.7. The lowest BCUT2D eigenvalue weighted by atomic mass is 9.89. The Hall–Kier alpha value is -2.23. The molecule has 6 heteroatoms. The number of benzene rings is 1. The topological polar surface area (TPSA) is 64.9 Å². The summed E-state index contributed by atoms with van der Waals surface area (Å²) < 4.78 is 0. The lowest BCUT2D eigenvalue weighted by Gasteiger charge is -2.17. The van der Waals surface area contributed by atoms with Gasteiger partial charge in [-0.1, -0.05) is 32.9 Å². The van der Waals surface area contributed by atoms with Gasteiger partial charge in [-0.05, 0) is 66.6 Å². The summed E-state index contributed by atoms with van der Waals surface area (Å²) in [5, 5.41) is 16.3. The number of thiophene rings is 1. The number of rotatable bonds is 3. The molecule has 0 aliphatic heterocycles. The first kappa shape index (κ1) is 19.5. The first-order chi connectivity index (χ1) is 12.9. The Balaban J connectivity index is 1.69. The van der Waals surface area contributed by atoms with Gasteiger partial charge >= 0.3 is 0 Å². The molecule has 2 N–H and O–H groups in total. The minimum Gasteiger partial charge on any atom is -0.323 e. The predicted octanol–water partition coefficient (Wildman–Crippen LogP) is 4.99. The van der Waals surface area contributed by atoms with E-state index in [9.17, 15) is 10.1 Å². The third-order valence-electron chi connectivity index (χ3n) is 4.92. The lowest BCUT2D eigenvalue weighted by Crippen LogP contribution is -2.34. The van der Waals surface area contributed by atoms with Crippen molar-refractivity contribution in [3.8, 4) is 6.07 Å². The summed E-state index contributed by atoms with van der Waals surface area (Å²) >= 11 is 6.88. The molecule has 1 aliphatic carbocycles. The molecular weight excluding hydrogens is 374 g/mol. The molecular formula is C21H23N3OS2. The highest BCUT2D eigenvalue weighted by Gasteiger charge is 2.24. The molecule has 4 nitrogen and oxygen atoms in total. The molecule has 2 aromatic rings. The summed E-state index contributed by atoms with van der Waals surface area (Å²) in [5.41, 5.74) is 3.55. The summed E-state index contributed by atoms with van der Waals surface area (Å²) in [5.74, 6) is 0.800. The standard InChI is InChI=1S/C21H23N3OS2/c1-12(2)14-5-7-15(8-6-14)19(25)23-21(26)24-20-17(11-22)16-9-4-13(3)10-18(16)27-20/h5-8,12-13H,4,9-10H2,1-3H3,(H2,23,24,25,26)/t13-/m0/s1. The second-order valence-corrected chi connectivity index (χ2v) is 8.87. The van der Waals surface area contributed by atoms with Crippen LogP contribution in [0.1, 0.15) is 65.0 Å². The van der Waals surface area contributed by atoms with E-state index in [-0.39, 0.29) is 11.0 Å². The molecule has 0 saturated carbocycles. The van der Waals surface area contributed by atoms with Crippen LogP contribution in [0.25, 0.3) is 0 Å². The van der Waals surface area contributed by atoms with E-state index in [4.69, 9.17) is 12.2 Å². The minimum absolute atomic E-state index is 0.219. The smallest absolute Gasteiger partial charge is 0.257 e. The molecule has 1 atom stereocenters. The largest absolute Gasteiger partial charge is 0.323 e. The van der Waals surface area contributed by atoms with E-state index in [0.717, 1.165) is 29.8 Å². The van der Waals surface area contributed by atoms with E-state index in [0.29, 0.717) is 23.0 Å². The highest BCUT2D eigenvalue weighted by Crippen LogP contribution is 2.39. The fourth-order valence-electron chi connectivity index (χ4n) is 3.29. The zero-order chi connectivity index (χ0) is 19.6. The number of nitrogens with one attached hydrogen (secondary N) is 2. The Morgan fingerprint density at radius 1 is 1.33 bits per heavy atom. The number of amides is 1. The maximum absolute atomic E-state index is 12.4. The van der Waals surface area contributed by atoms with Gasteiger partial charge < -0.3 is 5.32 Å². The van der Waals surface area contributed by atoms with Crippen LogP contribution >= 0.6 is 23.6 Å². The van der Waals surface area contributed by atoms with Crippen LogP contribution in [0.2, 0.25) is 0 Å². The molecule has 0 unspecified atom stereocenters. The van der Waals surface area contributed by atoms with Gasteiger partial charge in [-0.25, -0.2) is 0 Å². The van der Waals surface area contributed by atoms with Crippen molar-refractivity contribution in [2.45, 2.75) is 46.0 Å². The third kappa shape index (κ3) is 4.37. The first-order valence-corrected chi connectivity index (χ1v) is 10.4. The van der Waals surface area contributed by atoms with E-state index >= 15 is 0 Å². The van der Waals surface area contributed by atoms with Crippen LogP contribution in [-0.2, 0) is 12.8 Å². The molecule has 0 fully saturated rings. The van der Waals surface area contributed by atoms with Gasteiger partial charge in [-0.3, -0.25) is 10.1 Å². The maximum atomic E-state index is 12.4. The van der Waals surface area contributed by atoms with Crippen molar-refractivity contribution in [3.63, 3.8) is 0 Å². The molecule has 1 aromatic carbocycles. The number of carbonyl (C=O) groups is 1. The highest BCUT2D eigenvalue weighted by atomic mass is 32.1. The van der Waals surface area contributed by atoms with E-state index in [1.54, 1.807) is 23.5 Å². The highest BCUT2D eigenvalue weighted by molar-refractivity contribution is 7.80. The van der Waals surface area contributed by atoms with Crippen LogP contribution < -0.4 is 10.6 Å². The van der Waals surface area contributed by atoms with Crippen LogP contribution in [0.3, 0.4) is 0 Å². The van der Waals surface area contributed by atoms with Gasteiger partial charge in [0, 0.05) is 10.4 Å². The van der Waals surface area contributed by atoms with E-state index in [2.05, 4.69) is 37.5 Å². The van der Waals surface area contributed by atoms with Gasteiger partial charge in [-0.2, -0.15) is 5.26 Å². The Kier molecular flexibility index (Phi) is 5.93. The van der Waals surface area contributed by atoms with E-state index in [1.807, 2.05) is 12.1 Å². The molecule has 1 aliphatic rings. The fraction of sp³-hybridized carbons (Fsp3) is 0.381. The molecule has 1 aromatic heterocycles. The van der Waals surface area contributed by atoms with Crippen LogP contribution in [0.4, 0.5) is 5.00 Å². The van der Waals surface area contributed by atoms with Gasteiger partial charge in [0.05, 0.1) is 5.56 Å². The molecule has 0 radical (unpaired) electrons. The van der Waals surface area contributed by atoms with Gasteiger partial charge in [0.25, 0.3) is 5.91 Å². The van der Waals surface area contributed by atoms with Crippen molar-refractivity contribution in [2.75, 3.05) is 5.32 Å². The number of hydrogen-bond donors (Lipinski definition) is 2. The van der Waals surface area contributed by atoms with Gasteiger partial charge in [-0.15, -0.1) is 11.3 Å². The van der Waals surface area contributed by atoms with Gasteiger partial charge in [0.1, 0.15) is 11.1 Å². The van der Waals surface area contributed by atoms with Crippen LogP contribution in [0, 0.1) is 17.2 Å². The summed E-state index contributed by atoms with van der Waals surface area (Å²) in [7, 11) is 0. The summed E-state index contributed by atoms with van der Waals surface area (Å²) in [6.07, 6.45) is 3.03. The summed E-state index contributed by atoms with van der Waals surface area (Å²) in [6, 6.07) is 9.82. The monoisotopic (exact) mass is 397 g/mol. The SMILES string of the molecule is CC(C)c1ccc(C(=O)NC(=S)Nc2sc3c(c2C#N)CC[C@H](C)C3)cc1. The molecule has 140 valence electrons. The lowest BCUT2D eigenvalue weighted by molar-refractivity contribution is 0.0977. The van der Waals surface area contributed by atoms with Crippen molar-refractivity contribution < 1.29 is 4.79 Å². The second-order valence-electron chi connectivity index (χ2n) is 7.35. The van der Waals surface area contributed by atoms with Crippen LogP contribution in [0.15, 0.2) is 24.3 Å². The Labute approximate surface area is 169 Å². The number of nitriles is 1. The van der Waals surface area contributed by atoms with E-state index < -0.39 is 0 Å². The fourth-order valence-corrected chi connectivity index (χ4v) is 4.91. The number of anilines is 1. The first-order valence-electron chi connectivity index (χ1n) is 9.16. The van der Waals surface area contributed by atoms with Crippen molar-refractivity contribution in [2.24, 2.45) is 5.92 Å². The number of hydrogen-bond acceptors (Lipinski definition) is 4. The molecule has 1 heterocycles. The third-order valence-corrected chi connectivity index (χ3v) is 6.29. The average molecular weight is 398 g/mol. The molecule has 3 rings (SSSR count). The van der Waals surface area contributed by atoms with Crippen molar-refractivity contribution in [1.29, 1.82) is 5.26 Å². The number of thiocarbonyl (C=S) groups is 1. The number of fused-ring (bicyclic) bond motifs is 1. The zero-order valence-corrected chi connectivity index (χ0v) is 17.4. The Bertz CT molecular complexity index is 907. The van der Waals surface area contributed by atoms with E-state index in [1.165, 1.54) is 10.4 Å². The molecule has 27 heavy (non-hydrogen) atoms. The summed E-state index contributed by atoms with van der Waals surface area (Å²) in [6.45, 7) is 6.46. The Morgan fingerprint density at radius 2 is 2.04 bits per heavy atom. The predicted molar refractivity (Wildman–Crippen MR) is 114 cm³/mol.